The summed E-state index contributed by atoms with van der Waals surface area (Å²) in [5.74, 6) is 0. The van der Waals surface area contributed by atoms with Crippen molar-refractivity contribution in [2.75, 3.05) is 0 Å². The molecule has 0 aliphatic carbocycles. The van der Waals surface area contributed by atoms with E-state index in [0.29, 0.717) is 5.69 Å². The van der Waals surface area contributed by atoms with Gasteiger partial charge in [-0.3, -0.25) is 10.1 Å². The van der Waals surface area contributed by atoms with Crippen LogP contribution in [0, 0.1) is 10.1 Å². The molecule has 0 bridgehead atoms. The molecule has 64 valence electrons. The highest BCUT2D eigenvalue weighted by Gasteiger charge is 2.34. The number of aromatic nitrogens is 2. The molecule has 1 aromatic heterocycles. The fourth-order valence-electron chi connectivity index (χ4n) is 0.746. The second kappa shape index (κ2) is 2.84. The summed E-state index contributed by atoms with van der Waals surface area (Å²) in [4.78, 5) is 17.7. The maximum atomic E-state index is 10.6. The van der Waals surface area contributed by atoms with Crippen molar-refractivity contribution in [2.24, 2.45) is 0 Å². The normalized spacial score (nSPS) is 11.2. The third-order valence-corrected chi connectivity index (χ3v) is 1.67. The molecule has 1 aromatic rings. The van der Waals surface area contributed by atoms with Gasteiger partial charge in [0, 0.05) is 25.0 Å². The molecule has 5 nitrogen and oxygen atoms in total. The van der Waals surface area contributed by atoms with E-state index in [0.717, 1.165) is 0 Å². The molecule has 0 amide bonds. The van der Waals surface area contributed by atoms with Crippen LogP contribution >= 0.6 is 0 Å². The number of rotatable bonds is 2. The van der Waals surface area contributed by atoms with E-state index in [1.807, 2.05) is 0 Å². The van der Waals surface area contributed by atoms with Gasteiger partial charge in [-0.25, -0.2) is 9.97 Å². The van der Waals surface area contributed by atoms with Crippen LogP contribution in [-0.2, 0) is 5.54 Å². The summed E-state index contributed by atoms with van der Waals surface area (Å²) in [6.45, 7) is 3.02. The molecule has 0 aliphatic heterocycles. The van der Waals surface area contributed by atoms with Crippen LogP contribution in [0.25, 0.3) is 0 Å². The smallest absolute Gasteiger partial charge is 0.258 e. The highest BCUT2D eigenvalue weighted by Crippen LogP contribution is 2.19. The second-order valence-electron chi connectivity index (χ2n) is 2.91. The van der Waals surface area contributed by atoms with Crippen LogP contribution in [0.15, 0.2) is 18.6 Å². The monoisotopic (exact) mass is 167 g/mol. The van der Waals surface area contributed by atoms with Gasteiger partial charge < -0.3 is 0 Å². The molecule has 0 fully saturated rings. The van der Waals surface area contributed by atoms with Gasteiger partial charge in [0.05, 0.1) is 0 Å². The third kappa shape index (κ3) is 1.39. The molecule has 0 spiro atoms. The Balaban J connectivity index is 3.06. The number of hydrogen-bond donors (Lipinski definition) is 0. The standard InChI is InChI=1S/C7H9N3O2/c1-7(2,10(11)12)6-3-4-8-5-9-6/h3-5H,1-2H3. The van der Waals surface area contributed by atoms with Crippen molar-refractivity contribution in [2.45, 2.75) is 19.4 Å². The molecule has 0 N–H and O–H groups in total. The first-order chi connectivity index (χ1) is 5.55. The van der Waals surface area contributed by atoms with E-state index in [4.69, 9.17) is 0 Å². The molecule has 1 rings (SSSR count). The van der Waals surface area contributed by atoms with Crippen molar-refractivity contribution in [3.8, 4) is 0 Å². The number of hydrogen-bond acceptors (Lipinski definition) is 4. The lowest BCUT2D eigenvalue weighted by Crippen LogP contribution is -2.28. The minimum Gasteiger partial charge on any atom is -0.264 e. The second-order valence-corrected chi connectivity index (χ2v) is 2.91. The summed E-state index contributed by atoms with van der Waals surface area (Å²) in [6, 6.07) is 1.54. The van der Waals surface area contributed by atoms with Crippen molar-refractivity contribution in [1.29, 1.82) is 0 Å². The fourth-order valence-corrected chi connectivity index (χ4v) is 0.746. The van der Waals surface area contributed by atoms with Crippen LogP contribution in [0.5, 0.6) is 0 Å². The minimum absolute atomic E-state index is 0.366. The fraction of sp³-hybridized carbons (Fsp3) is 0.429. The molecule has 0 saturated heterocycles. The van der Waals surface area contributed by atoms with E-state index >= 15 is 0 Å². The molecule has 0 atom stereocenters. The van der Waals surface area contributed by atoms with Gasteiger partial charge >= 0.3 is 0 Å². The maximum absolute atomic E-state index is 10.6. The van der Waals surface area contributed by atoms with Gasteiger partial charge in [-0.2, -0.15) is 0 Å². The first-order valence-corrected chi connectivity index (χ1v) is 3.46. The maximum Gasteiger partial charge on any atom is 0.258 e. The van der Waals surface area contributed by atoms with Crippen molar-refractivity contribution in [3.63, 3.8) is 0 Å². The Morgan fingerprint density at radius 2 is 2.25 bits per heavy atom. The lowest BCUT2D eigenvalue weighted by atomic mass is 10.0. The quantitative estimate of drug-likeness (QED) is 0.486. The van der Waals surface area contributed by atoms with Crippen LogP contribution in [0.4, 0.5) is 0 Å². The zero-order chi connectivity index (χ0) is 9.19. The Bertz CT molecular complexity index is 284. The van der Waals surface area contributed by atoms with E-state index in [1.165, 1.54) is 26.4 Å². The molecular formula is C7H9N3O2. The van der Waals surface area contributed by atoms with Gasteiger partial charge in [-0.05, 0) is 6.07 Å². The van der Waals surface area contributed by atoms with Gasteiger partial charge in [-0.15, -0.1) is 0 Å². The van der Waals surface area contributed by atoms with Gasteiger partial charge in [0.15, 0.2) is 0 Å². The molecular weight excluding hydrogens is 158 g/mol. The molecule has 0 unspecified atom stereocenters. The SMILES string of the molecule is CC(C)(c1ccncn1)[N+](=O)[O-]. The van der Waals surface area contributed by atoms with Gasteiger partial charge in [0.25, 0.3) is 5.54 Å². The summed E-state index contributed by atoms with van der Waals surface area (Å²) in [5, 5.41) is 10.6. The van der Waals surface area contributed by atoms with E-state index in [9.17, 15) is 10.1 Å². The van der Waals surface area contributed by atoms with Crippen molar-refractivity contribution in [3.05, 3.63) is 34.4 Å². The number of nitrogens with zero attached hydrogens (tertiary/aromatic N) is 3. The molecule has 5 heteroatoms. The summed E-state index contributed by atoms with van der Waals surface area (Å²) in [5.41, 5.74) is -0.717. The van der Waals surface area contributed by atoms with Crippen LogP contribution in [0.1, 0.15) is 19.5 Å². The Morgan fingerprint density at radius 1 is 1.58 bits per heavy atom. The Hall–Kier alpha value is -1.52. The average Bonchev–Trinajstić information content (AvgIpc) is 2.06. The van der Waals surface area contributed by atoms with Crippen LogP contribution in [0.3, 0.4) is 0 Å². The highest BCUT2D eigenvalue weighted by molar-refractivity contribution is 5.06. The predicted octanol–water partition coefficient (Wildman–Crippen LogP) is 0.988. The van der Waals surface area contributed by atoms with Crippen LogP contribution in [0.2, 0.25) is 0 Å². The lowest BCUT2D eigenvalue weighted by molar-refractivity contribution is -0.570. The molecule has 12 heavy (non-hydrogen) atoms. The van der Waals surface area contributed by atoms with E-state index < -0.39 is 5.54 Å². The van der Waals surface area contributed by atoms with Gasteiger partial charge in [0.2, 0.25) is 0 Å². The average molecular weight is 167 g/mol. The van der Waals surface area contributed by atoms with E-state index in [2.05, 4.69) is 9.97 Å². The zero-order valence-corrected chi connectivity index (χ0v) is 6.89. The summed E-state index contributed by atoms with van der Waals surface area (Å²) in [7, 11) is 0. The largest absolute Gasteiger partial charge is 0.264 e. The van der Waals surface area contributed by atoms with Crippen LogP contribution < -0.4 is 0 Å². The minimum atomic E-state index is -1.14. The first kappa shape index (κ1) is 8.58. The summed E-state index contributed by atoms with van der Waals surface area (Å²) < 4.78 is 0. The lowest BCUT2D eigenvalue weighted by Gasteiger charge is -2.13. The molecule has 0 radical (unpaired) electrons. The molecule has 0 aliphatic rings. The van der Waals surface area contributed by atoms with Gasteiger partial charge in [0.1, 0.15) is 12.0 Å². The van der Waals surface area contributed by atoms with Crippen molar-refractivity contribution >= 4 is 0 Å². The number of nitro groups is 1. The molecule has 1 heterocycles. The Kier molecular flexibility index (Phi) is 2.03. The van der Waals surface area contributed by atoms with E-state index in [-0.39, 0.29) is 4.92 Å². The first-order valence-electron chi connectivity index (χ1n) is 3.46. The van der Waals surface area contributed by atoms with E-state index in [1.54, 1.807) is 6.07 Å². The van der Waals surface area contributed by atoms with Gasteiger partial charge in [-0.1, -0.05) is 0 Å². The van der Waals surface area contributed by atoms with Crippen LogP contribution in [-0.4, -0.2) is 14.9 Å². The molecule has 0 saturated carbocycles. The Labute approximate surface area is 69.6 Å². The Morgan fingerprint density at radius 3 is 2.67 bits per heavy atom. The zero-order valence-electron chi connectivity index (χ0n) is 6.89. The third-order valence-electron chi connectivity index (χ3n) is 1.67. The highest BCUT2D eigenvalue weighted by atomic mass is 16.6. The predicted molar refractivity (Wildman–Crippen MR) is 42.1 cm³/mol. The topological polar surface area (TPSA) is 68.9 Å². The summed E-state index contributed by atoms with van der Waals surface area (Å²) >= 11 is 0. The van der Waals surface area contributed by atoms with Crippen molar-refractivity contribution in [1.82, 2.24) is 9.97 Å². The summed E-state index contributed by atoms with van der Waals surface area (Å²) in [6.07, 6.45) is 2.80. The molecule has 0 aromatic carbocycles. The van der Waals surface area contributed by atoms with Crippen molar-refractivity contribution < 1.29 is 4.92 Å².